The zero-order chi connectivity index (χ0) is 16.8. The third-order valence-corrected chi connectivity index (χ3v) is 4.71. The lowest BCUT2D eigenvalue weighted by atomic mass is 9.84. The molecule has 4 nitrogen and oxygen atoms in total. The number of anilines is 1. The van der Waals surface area contributed by atoms with Gasteiger partial charge in [0, 0.05) is 12.7 Å². The first-order valence-corrected chi connectivity index (χ1v) is 7.68. The summed E-state index contributed by atoms with van der Waals surface area (Å²) in [7, 11) is 3.46. The Bertz CT molecular complexity index is 768. The number of methoxy groups -OCH3 is 1. The quantitative estimate of drug-likeness (QED) is 0.948. The largest absolute Gasteiger partial charge is 0.497 e. The highest BCUT2D eigenvalue weighted by Gasteiger charge is 2.42. The average molecular weight is 310 g/mol. The monoisotopic (exact) mass is 310 g/mol. The molecule has 4 heteroatoms. The van der Waals surface area contributed by atoms with Crippen molar-refractivity contribution in [2.75, 3.05) is 19.1 Å². The van der Waals surface area contributed by atoms with E-state index < -0.39 is 5.41 Å². The van der Waals surface area contributed by atoms with Crippen LogP contribution in [0.25, 0.3) is 0 Å². The molecule has 120 valence electrons. The second-order valence-electron chi connectivity index (χ2n) is 6.52. The maximum Gasteiger partial charge on any atom is 0.236 e. The highest BCUT2D eigenvalue weighted by Crippen LogP contribution is 2.42. The predicted molar refractivity (Wildman–Crippen MR) is 91.9 cm³/mol. The van der Waals surface area contributed by atoms with Gasteiger partial charge in [-0.1, -0.05) is 24.3 Å². The SMILES string of the molecule is COc1cccc(C(N)c2ccc3c(c2)C(C)(C)C(=O)N3C)c1. The fourth-order valence-electron chi connectivity index (χ4n) is 3.21. The Labute approximate surface area is 136 Å². The number of benzene rings is 2. The number of amides is 1. The topological polar surface area (TPSA) is 55.6 Å². The van der Waals surface area contributed by atoms with Crippen molar-refractivity contribution in [2.45, 2.75) is 25.3 Å². The van der Waals surface area contributed by atoms with Gasteiger partial charge in [-0.3, -0.25) is 4.79 Å². The fraction of sp³-hybridized carbons (Fsp3) is 0.316. The van der Waals surface area contributed by atoms with Crippen molar-refractivity contribution in [1.82, 2.24) is 0 Å². The van der Waals surface area contributed by atoms with Crippen LogP contribution in [-0.4, -0.2) is 20.1 Å². The highest BCUT2D eigenvalue weighted by atomic mass is 16.5. The number of carbonyl (C=O) groups excluding carboxylic acids is 1. The Morgan fingerprint density at radius 2 is 1.83 bits per heavy atom. The molecule has 0 bridgehead atoms. The summed E-state index contributed by atoms with van der Waals surface area (Å²) >= 11 is 0. The average Bonchev–Trinajstić information content (AvgIpc) is 2.75. The normalized spacial score (nSPS) is 17.1. The minimum Gasteiger partial charge on any atom is -0.497 e. The maximum atomic E-state index is 12.4. The fourth-order valence-corrected chi connectivity index (χ4v) is 3.21. The first kappa shape index (κ1) is 15.6. The lowest BCUT2D eigenvalue weighted by molar-refractivity contribution is -0.121. The van der Waals surface area contributed by atoms with E-state index in [9.17, 15) is 4.79 Å². The van der Waals surface area contributed by atoms with Crippen molar-refractivity contribution in [3.8, 4) is 5.75 Å². The molecule has 1 unspecified atom stereocenters. The first-order valence-electron chi connectivity index (χ1n) is 7.68. The van der Waals surface area contributed by atoms with Crippen LogP contribution in [0, 0.1) is 0 Å². The number of hydrogen-bond donors (Lipinski definition) is 1. The summed E-state index contributed by atoms with van der Waals surface area (Å²) in [6.07, 6.45) is 0. The van der Waals surface area contributed by atoms with Gasteiger partial charge in [-0.2, -0.15) is 0 Å². The van der Waals surface area contributed by atoms with E-state index in [1.54, 1.807) is 12.0 Å². The summed E-state index contributed by atoms with van der Waals surface area (Å²) in [5.41, 5.74) is 9.89. The lowest BCUT2D eigenvalue weighted by Crippen LogP contribution is -2.33. The molecule has 0 saturated carbocycles. The van der Waals surface area contributed by atoms with Gasteiger partial charge in [-0.25, -0.2) is 0 Å². The van der Waals surface area contributed by atoms with Crippen LogP contribution in [0.2, 0.25) is 0 Å². The molecule has 0 aliphatic carbocycles. The van der Waals surface area contributed by atoms with Crippen LogP contribution < -0.4 is 15.4 Å². The van der Waals surface area contributed by atoms with Crippen LogP contribution in [0.5, 0.6) is 5.75 Å². The molecule has 1 atom stereocenters. The van der Waals surface area contributed by atoms with Crippen molar-refractivity contribution >= 4 is 11.6 Å². The minimum atomic E-state index is -0.520. The second-order valence-corrected chi connectivity index (χ2v) is 6.52. The van der Waals surface area contributed by atoms with E-state index in [0.29, 0.717) is 0 Å². The van der Waals surface area contributed by atoms with Crippen molar-refractivity contribution < 1.29 is 9.53 Å². The number of likely N-dealkylation sites (N-methyl/N-ethyl adjacent to an activating group) is 1. The standard InChI is InChI=1S/C19H22N2O2/c1-19(2)15-11-13(8-9-16(15)21(3)18(19)22)17(20)12-6-5-7-14(10-12)23-4/h5-11,17H,20H2,1-4H3. The number of ether oxygens (including phenoxy) is 1. The summed E-state index contributed by atoms with van der Waals surface area (Å²) in [5, 5.41) is 0. The molecule has 1 amide bonds. The van der Waals surface area contributed by atoms with Gasteiger partial charge < -0.3 is 15.4 Å². The Kier molecular flexibility index (Phi) is 3.65. The molecule has 0 aromatic heterocycles. The minimum absolute atomic E-state index is 0.111. The van der Waals surface area contributed by atoms with E-state index in [4.69, 9.17) is 10.5 Å². The maximum absolute atomic E-state index is 12.4. The first-order chi connectivity index (χ1) is 10.9. The molecule has 1 aliphatic heterocycles. The number of nitrogens with two attached hydrogens (primary N) is 1. The zero-order valence-electron chi connectivity index (χ0n) is 14.0. The molecule has 0 saturated heterocycles. The molecular weight excluding hydrogens is 288 g/mol. The van der Waals surface area contributed by atoms with Crippen LogP contribution in [0.4, 0.5) is 5.69 Å². The van der Waals surface area contributed by atoms with Gasteiger partial charge in [0.2, 0.25) is 5.91 Å². The van der Waals surface area contributed by atoms with E-state index >= 15 is 0 Å². The molecule has 0 fully saturated rings. The van der Waals surface area contributed by atoms with Crippen LogP contribution in [-0.2, 0) is 10.2 Å². The Balaban J connectivity index is 2.02. The lowest BCUT2D eigenvalue weighted by Gasteiger charge is -2.18. The molecule has 3 rings (SSSR count). The zero-order valence-corrected chi connectivity index (χ0v) is 14.0. The second kappa shape index (κ2) is 5.39. The van der Waals surface area contributed by atoms with E-state index in [0.717, 1.165) is 28.1 Å². The molecular formula is C19H22N2O2. The third kappa shape index (κ3) is 2.39. The summed E-state index contributed by atoms with van der Waals surface area (Å²) in [6, 6.07) is 13.5. The van der Waals surface area contributed by atoms with Crippen LogP contribution >= 0.6 is 0 Å². The molecule has 1 heterocycles. The number of carbonyl (C=O) groups is 1. The third-order valence-electron chi connectivity index (χ3n) is 4.71. The molecule has 0 spiro atoms. The molecule has 23 heavy (non-hydrogen) atoms. The van der Waals surface area contributed by atoms with Gasteiger partial charge >= 0.3 is 0 Å². The van der Waals surface area contributed by atoms with Crippen molar-refractivity contribution in [3.05, 3.63) is 59.2 Å². The molecule has 1 aliphatic rings. The van der Waals surface area contributed by atoms with Gasteiger partial charge in [0.1, 0.15) is 5.75 Å². The number of rotatable bonds is 3. The van der Waals surface area contributed by atoms with Gasteiger partial charge in [-0.05, 0) is 48.7 Å². The van der Waals surface area contributed by atoms with Crippen molar-refractivity contribution in [1.29, 1.82) is 0 Å². The van der Waals surface area contributed by atoms with Crippen LogP contribution in [0.15, 0.2) is 42.5 Å². The van der Waals surface area contributed by atoms with Crippen LogP contribution in [0.3, 0.4) is 0 Å². The van der Waals surface area contributed by atoms with E-state index in [-0.39, 0.29) is 11.9 Å². The molecule has 0 radical (unpaired) electrons. The smallest absolute Gasteiger partial charge is 0.236 e. The van der Waals surface area contributed by atoms with Gasteiger partial charge in [0.15, 0.2) is 0 Å². The Hall–Kier alpha value is -2.33. The number of nitrogens with zero attached hydrogens (tertiary/aromatic N) is 1. The Morgan fingerprint density at radius 1 is 1.13 bits per heavy atom. The van der Waals surface area contributed by atoms with E-state index in [1.807, 2.05) is 57.3 Å². The number of fused-ring (bicyclic) bond motifs is 1. The number of hydrogen-bond acceptors (Lipinski definition) is 3. The van der Waals surface area contributed by atoms with Gasteiger partial charge in [0.05, 0.1) is 18.6 Å². The van der Waals surface area contributed by atoms with Gasteiger partial charge in [0.25, 0.3) is 0 Å². The van der Waals surface area contributed by atoms with E-state index in [2.05, 4.69) is 6.07 Å². The van der Waals surface area contributed by atoms with Crippen LogP contribution in [0.1, 0.15) is 36.6 Å². The molecule has 2 N–H and O–H groups in total. The summed E-state index contributed by atoms with van der Waals surface area (Å²) in [6.45, 7) is 3.91. The molecule has 2 aromatic rings. The molecule has 2 aromatic carbocycles. The summed E-state index contributed by atoms with van der Waals surface area (Å²) in [4.78, 5) is 14.1. The predicted octanol–water partition coefficient (Wildman–Crippen LogP) is 3.00. The summed E-state index contributed by atoms with van der Waals surface area (Å²) < 4.78 is 5.27. The summed E-state index contributed by atoms with van der Waals surface area (Å²) in [5.74, 6) is 0.897. The van der Waals surface area contributed by atoms with Crippen molar-refractivity contribution in [2.24, 2.45) is 5.73 Å². The van der Waals surface area contributed by atoms with Gasteiger partial charge in [-0.15, -0.1) is 0 Å². The van der Waals surface area contributed by atoms with Crippen molar-refractivity contribution in [3.63, 3.8) is 0 Å². The Morgan fingerprint density at radius 3 is 2.52 bits per heavy atom. The van der Waals surface area contributed by atoms with E-state index in [1.165, 1.54) is 0 Å². The highest BCUT2D eigenvalue weighted by molar-refractivity contribution is 6.07.